The van der Waals surface area contributed by atoms with Crippen molar-refractivity contribution in [2.45, 2.75) is 252 Å². The third-order valence-electron chi connectivity index (χ3n) is 13.6. The molecule has 4 N–H and O–H groups in total. The quantitative estimate of drug-likeness (QED) is 0.0252. The highest BCUT2D eigenvalue weighted by atomic mass is 16.6. The van der Waals surface area contributed by atoms with Crippen LogP contribution in [-0.4, -0.2) is 97.9 Å². The van der Waals surface area contributed by atoms with Crippen molar-refractivity contribution in [2.24, 2.45) is 10.7 Å². The number of carbonyl (C=O) groups is 4. The molecule has 0 aliphatic heterocycles. The molecule has 0 fully saturated rings. The molecule has 0 saturated heterocycles. The van der Waals surface area contributed by atoms with Crippen LogP contribution in [0.2, 0.25) is 0 Å². The molecule has 14 nitrogen and oxygen atoms in total. The Morgan fingerprint density at radius 3 is 1.57 bits per heavy atom. The number of nitrogens with one attached hydrogen (secondary N) is 2. The van der Waals surface area contributed by atoms with Gasteiger partial charge in [0, 0.05) is 32.2 Å². The summed E-state index contributed by atoms with van der Waals surface area (Å²) < 4.78 is 29.4. The summed E-state index contributed by atoms with van der Waals surface area (Å²) in [4.78, 5) is 59.1. The number of nitrogens with zero attached hydrogens (tertiary/aromatic N) is 2. The predicted octanol–water partition coefficient (Wildman–Crippen LogP) is 15.1. The fraction of sp³-hybridized carbons (Fsp3) is 0.726. The van der Waals surface area contributed by atoms with E-state index in [1.54, 1.807) is 41.5 Å². The zero-order chi connectivity index (χ0) is 55.4. The van der Waals surface area contributed by atoms with Crippen LogP contribution in [0.25, 0.3) is 11.1 Å². The fourth-order valence-corrected chi connectivity index (χ4v) is 9.52. The van der Waals surface area contributed by atoms with Crippen LogP contribution in [0.3, 0.4) is 0 Å². The molecule has 0 aromatic heterocycles. The third kappa shape index (κ3) is 28.6. The number of ether oxygens (including phenoxy) is 5. The van der Waals surface area contributed by atoms with E-state index in [9.17, 15) is 19.2 Å². The van der Waals surface area contributed by atoms with Crippen LogP contribution in [0.1, 0.15) is 239 Å². The molecule has 76 heavy (non-hydrogen) atoms. The first-order valence-corrected chi connectivity index (χ1v) is 29.7. The largest absolute Gasteiger partial charge is 0.449 e. The first-order chi connectivity index (χ1) is 36.5. The molecule has 0 heterocycles. The number of fused-ring (bicyclic) bond motifs is 3. The van der Waals surface area contributed by atoms with Gasteiger partial charge in [0.2, 0.25) is 11.9 Å². The topological polar surface area (TPSA) is 180 Å². The van der Waals surface area contributed by atoms with Gasteiger partial charge in [0.05, 0.1) is 12.7 Å². The molecule has 1 unspecified atom stereocenters. The second kappa shape index (κ2) is 38.0. The van der Waals surface area contributed by atoms with Crippen molar-refractivity contribution in [1.82, 2.24) is 15.5 Å². The van der Waals surface area contributed by atoms with Gasteiger partial charge in [-0.3, -0.25) is 4.79 Å². The summed E-state index contributed by atoms with van der Waals surface area (Å²) in [5, 5.41) is 5.86. The van der Waals surface area contributed by atoms with Crippen molar-refractivity contribution in [2.75, 3.05) is 39.5 Å². The predicted molar refractivity (Wildman–Crippen MR) is 308 cm³/mol. The molecule has 14 heteroatoms. The van der Waals surface area contributed by atoms with Crippen molar-refractivity contribution >= 4 is 30.1 Å². The highest BCUT2D eigenvalue weighted by Crippen LogP contribution is 2.44. The molecule has 2 aromatic rings. The van der Waals surface area contributed by atoms with E-state index < -0.39 is 53.5 Å². The van der Waals surface area contributed by atoms with Crippen LogP contribution in [0.4, 0.5) is 14.4 Å². The number of rotatable bonds is 39. The molecular weight excluding hydrogens is 959 g/mol. The summed E-state index contributed by atoms with van der Waals surface area (Å²) in [5.74, 6) is -1.06. The summed E-state index contributed by atoms with van der Waals surface area (Å²) in [7, 11) is 0. The van der Waals surface area contributed by atoms with Gasteiger partial charge >= 0.3 is 18.3 Å². The average Bonchev–Trinajstić information content (AvgIpc) is 3.69. The minimum absolute atomic E-state index is 0.0594. The Morgan fingerprint density at radius 1 is 0.618 bits per heavy atom. The second-order valence-corrected chi connectivity index (χ2v) is 22.8. The number of aliphatic imine (C=N–C) groups is 1. The maximum Gasteiger partial charge on any atom is 0.437 e. The highest BCUT2D eigenvalue weighted by Gasteiger charge is 2.31. The van der Waals surface area contributed by atoms with Gasteiger partial charge in [0.1, 0.15) is 23.9 Å². The number of unbranched alkanes of at least 4 members (excludes halogenated alkanes) is 22. The van der Waals surface area contributed by atoms with E-state index >= 15 is 0 Å². The van der Waals surface area contributed by atoms with E-state index in [0.717, 1.165) is 52.8 Å². The second-order valence-electron chi connectivity index (χ2n) is 22.8. The highest BCUT2D eigenvalue weighted by molar-refractivity contribution is 5.98. The van der Waals surface area contributed by atoms with E-state index in [1.807, 2.05) is 36.4 Å². The van der Waals surface area contributed by atoms with Crippen molar-refractivity contribution in [1.29, 1.82) is 0 Å². The van der Waals surface area contributed by atoms with Crippen LogP contribution in [0, 0.1) is 0 Å². The zero-order valence-electron chi connectivity index (χ0n) is 48.6. The maximum atomic E-state index is 14.3. The molecule has 2 aromatic carbocycles. The number of amides is 4. The SMILES string of the molecule is CCCCCCCCCCCCCCOCC(CNC(=O)[C@H](CCCN(C(=O)OC(C)(C)C)/C(N)=N\C(=O)OC(C)(C)C)NC(=O)OCC1c2ccccc2-c2ccccc21)OCCCCCCCCCCCCCC. The Hall–Kier alpha value is -4.69. The van der Waals surface area contributed by atoms with Gasteiger partial charge in [0.25, 0.3) is 0 Å². The third-order valence-corrected chi connectivity index (χ3v) is 13.6. The Balaban J connectivity index is 1.68. The van der Waals surface area contributed by atoms with Crippen LogP contribution in [0.5, 0.6) is 0 Å². The Labute approximate surface area is 459 Å². The van der Waals surface area contributed by atoms with Crippen LogP contribution < -0.4 is 16.4 Å². The standard InChI is InChI=1S/C62H103N5O9/c1-9-11-13-15-17-19-21-23-25-27-29-35-44-72-47-49(73-45-36-30-28-26-24-22-20-18-16-14-12-10-2)46-64-56(68)55(42-37-43-67(60(71)76-62(6,7)8)57(63)66-59(70)75-61(3,4)5)65-58(69)74-48-54-52-40-33-31-38-50(52)51-39-32-34-41-53(51)54/h31-34,38-41,49,54-55H,9-30,35-37,42-48H2,1-8H3,(H,64,68)(H,65,69)(H2,63,66,70)/t49?,55-/m0/s1. The van der Waals surface area contributed by atoms with Gasteiger partial charge in [-0.15, -0.1) is 4.99 Å². The van der Waals surface area contributed by atoms with E-state index in [1.165, 1.54) is 128 Å². The molecular formula is C62H103N5O9. The van der Waals surface area contributed by atoms with Crippen molar-refractivity contribution in [3.63, 3.8) is 0 Å². The van der Waals surface area contributed by atoms with Crippen LogP contribution in [0.15, 0.2) is 53.5 Å². The molecule has 430 valence electrons. The molecule has 0 radical (unpaired) electrons. The molecule has 2 atom stereocenters. The van der Waals surface area contributed by atoms with Crippen molar-refractivity contribution < 1.29 is 42.9 Å². The van der Waals surface area contributed by atoms with Crippen molar-refractivity contribution in [3.8, 4) is 11.1 Å². The van der Waals surface area contributed by atoms with Crippen LogP contribution in [-0.2, 0) is 28.5 Å². The number of hydrogen-bond donors (Lipinski definition) is 3. The molecule has 1 aliphatic carbocycles. The minimum Gasteiger partial charge on any atom is -0.449 e. The summed E-state index contributed by atoms with van der Waals surface area (Å²) in [5.41, 5.74) is 8.85. The van der Waals surface area contributed by atoms with E-state index in [-0.39, 0.29) is 38.5 Å². The monoisotopic (exact) mass is 1060 g/mol. The maximum absolute atomic E-state index is 14.3. The number of nitrogens with two attached hydrogens (primary N) is 1. The van der Waals surface area contributed by atoms with Gasteiger partial charge in [-0.25, -0.2) is 19.3 Å². The van der Waals surface area contributed by atoms with Gasteiger partial charge in [-0.05, 0) is 89.5 Å². The lowest BCUT2D eigenvalue weighted by atomic mass is 9.98. The first-order valence-electron chi connectivity index (χ1n) is 29.7. The van der Waals surface area contributed by atoms with E-state index in [0.29, 0.717) is 19.8 Å². The molecule has 4 amide bonds. The number of hydrogen-bond acceptors (Lipinski definition) is 9. The zero-order valence-corrected chi connectivity index (χ0v) is 48.6. The van der Waals surface area contributed by atoms with Crippen LogP contribution >= 0.6 is 0 Å². The van der Waals surface area contributed by atoms with Gasteiger partial charge in [-0.2, -0.15) is 0 Å². The summed E-state index contributed by atoms with van der Waals surface area (Å²) >= 11 is 0. The van der Waals surface area contributed by atoms with Gasteiger partial charge < -0.3 is 40.1 Å². The number of benzene rings is 2. The number of carbonyl (C=O) groups excluding carboxylic acids is 4. The first kappa shape index (κ1) is 65.6. The summed E-state index contributed by atoms with van der Waals surface area (Å²) in [6.45, 7) is 16.3. The Kier molecular flexibility index (Phi) is 32.8. The number of guanidine groups is 1. The van der Waals surface area contributed by atoms with Crippen molar-refractivity contribution in [3.05, 3.63) is 59.7 Å². The smallest absolute Gasteiger partial charge is 0.437 e. The average molecular weight is 1060 g/mol. The summed E-state index contributed by atoms with van der Waals surface area (Å²) in [6.07, 6.45) is 27.4. The minimum atomic E-state index is -1.08. The number of alkyl carbamates (subject to hydrolysis) is 1. The molecule has 0 spiro atoms. The molecule has 3 rings (SSSR count). The molecule has 1 aliphatic rings. The van der Waals surface area contributed by atoms with Gasteiger partial charge in [0.15, 0.2) is 0 Å². The molecule has 0 bridgehead atoms. The molecule has 0 saturated carbocycles. The van der Waals surface area contributed by atoms with E-state index in [2.05, 4.69) is 41.6 Å². The summed E-state index contributed by atoms with van der Waals surface area (Å²) in [6, 6.07) is 15.1. The van der Waals surface area contributed by atoms with E-state index in [4.69, 9.17) is 29.4 Å². The lowest BCUT2D eigenvalue weighted by molar-refractivity contribution is -0.124. The fourth-order valence-electron chi connectivity index (χ4n) is 9.52. The lowest BCUT2D eigenvalue weighted by Gasteiger charge is -2.27. The normalized spacial score (nSPS) is 13.4. The Morgan fingerprint density at radius 2 is 1.08 bits per heavy atom. The lowest BCUT2D eigenvalue weighted by Crippen LogP contribution is -2.50. The Bertz CT molecular complexity index is 1920. The van der Waals surface area contributed by atoms with Gasteiger partial charge in [-0.1, -0.05) is 204 Å².